The van der Waals surface area contributed by atoms with Gasteiger partial charge >= 0.3 is 5.97 Å². The number of hydrogen-bond acceptors (Lipinski definition) is 6. The number of hydrogen-bond donors (Lipinski definition) is 1. The number of ketones is 1. The first-order valence-electron chi connectivity index (χ1n) is 11.5. The topological polar surface area (TPSA) is 94.8 Å². The number of benzene rings is 2. The normalized spacial score (nSPS) is 23.3. The van der Waals surface area contributed by atoms with Crippen LogP contribution in [0.1, 0.15) is 39.0 Å². The Morgan fingerprint density at radius 3 is 2.52 bits per heavy atom. The highest BCUT2D eigenvalue weighted by Gasteiger charge is 2.42. The lowest BCUT2D eigenvalue weighted by Crippen LogP contribution is -2.41. The molecule has 2 aromatic carbocycles. The molecular formula is C26H27NO6. The van der Waals surface area contributed by atoms with Crippen LogP contribution in [-0.2, 0) is 19.1 Å². The number of amides is 1. The van der Waals surface area contributed by atoms with Crippen molar-refractivity contribution in [3.63, 3.8) is 0 Å². The molecule has 0 unspecified atom stereocenters. The first-order chi connectivity index (χ1) is 15.9. The molecule has 2 aliphatic carbocycles. The maximum absolute atomic E-state index is 12.8. The number of rotatable bonds is 5. The summed E-state index contributed by atoms with van der Waals surface area (Å²) >= 11 is 0. The third-order valence-electron chi connectivity index (χ3n) is 7.00. The van der Waals surface area contributed by atoms with Crippen LogP contribution in [0.2, 0.25) is 0 Å². The average molecular weight is 450 g/mol. The summed E-state index contributed by atoms with van der Waals surface area (Å²) in [6.45, 7) is 1.55. The van der Waals surface area contributed by atoms with Crippen LogP contribution in [-0.4, -0.2) is 30.9 Å². The molecule has 0 saturated heterocycles. The molecule has 2 aliphatic rings. The maximum atomic E-state index is 12.8. The molecular weight excluding hydrogens is 422 g/mol. The van der Waals surface area contributed by atoms with E-state index in [0.717, 1.165) is 35.6 Å². The van der Waals surface area contributed by atoms with E-state index in [2.05, 4.69) is 5.32 Å². The zero-order valence-corrected chi connectivity index (χ0v) is 18.8. The van der Waals surface area contributed by atoms with E-state index >= 15 is 0 Å². The molecule has 1 amide bonds. The number of esters is 1. The molecule has 2 fully saturated rings. The van der Waals surface area contributed by atoms with Crippen LogP contribution < -0.4 is 10.1 Å². The van der Waals surface area contributed by atoms with Crippen molar-refractivity contribution < 1.29 is 28.3 Å². The van der Waals surface area contributed by atoms with Crippen LogP contribution in [0.25, 0.3) is 21.9 Å². The predicted octanol–water partition coefficient (Wildman–Crippen LogP) is 4.86. The Balaban J connectivity index is 1.29. The van der Waals surface area contributed by atoms with Gasteiger partial charge in [-0.1, -0.05) is 24.6 Å². The van der Waals surface area contributed by atoms with Crippen LogP contribution in [0.5, 0.6) is 5.75 Å². The first kappa shape index (κ1) is 21.5. The van der Waals surface area contributed by atoms with E-state index in [9.17, 15) is 14.4 Å². The minimum Gasteiger partial charge on any atom is -0.495 e. The van der Waals surface area contributed by atoms with Crippen molar-refractivity contribution in [3.8, 4) is 5.75 Å². The number of methoxy groups -OCH3 is 1. The third-order valence-corrected chi connectivity index (χ3v) is 7.00. The van der Waals surface area contributed by atoms with E-state index in [4.69, 9.17) is 13.9 Å². The highest BCUT2D eigenvalue weighted by molar-refractivity contribution is 6.08. The largest absolute Gasteiger partial charge is 0.495 e. The molecule has 0 spiro atoms. The maximum Gasteiger partial charge on any atom is 0.309 e. The Bertz CT molecular complexity index is 1230. The minimum absolute atomic E-state index is 0.0426. The fraction of sp³-hybridized carbons (Fsp3) is 0.423. The summed E-state index contributed by atoms with van der Waals surface area (Å²) < 4.78 is 16.9. The van der Waals surface area contributed by atoms with Gasteiger partial charge in [-0.15, -0.1) is 0 Å². The number of para-hydroxylation sites is 1. The SMILES string of the molecule is COc1cc2c(cc1NC(=O)[C@@H](C)OC(=O)C1C[C@@H]3CCC[C@@H](C1)C3=O)oc1ccccc12. The number of carbonyl (C=O) groups is 3. The number of anilines is 1. The predicted molar refractivity (Wildman–Crippen MR) is 123 cm³/mol. The fourth-order valence-corrected chi connectivity index (χ4v) is 5.25. The minimum atomic E-state index is -0.981. The summed E-state index contributed by atoms with van der Waals surface area (Å²) in [4.78, 5) is 37.9. The number of nitrogens with one attached hydrogen (secondary N) is 1. The standard InChI is InChI=1S/C26H27NO6/c1-14(32-26(30)17-10-15-6-5-7-16(11-17)24(15)28)25(29)27-20-13-22-19(12-23(20)31-2)18-8-3-4-9-21(18)33-22/h3-4,8-9,12-17H,5-7,10-11H2,1-2H3,(H,27,29)/t14-,15+,16+/m1/s1. The van der Waals surface area contributed by atoms with Gasteiger partial charge in [-0.05, 0) is 44.7 Å². The number of furan rings is 1. The average Bonchev–Trinajstić information content (AvgIpc) is 3.15. The van der Waals surface area contributed by atoms with Gasteiger partial charge in [0.2, 0.25) is 0 Å². The van der Waals surface area contributed by atoms with Gasteiger partial charge in [0, 0.05) is 28.7 Å². The molecule has 2 saturated carbocycles. The number of fused-ring (bicyclic) bond motifs is 5. The van der Waals surface area contributed by atoms with Crippen LogP contribution in [0.4, 0.5) is 5.69 Å². The van der Waals surface area contributed by atoms with Gasteiger partial charge in [0.1, 0.15) is 22.7 Å². The number of carbonyl (C=O) groups excluding carboxylic acids is 3. The summed E-state index contributed by atoms with van der Waals surface area (Å²) in [6, 6.07) is 11.2. The van der Waals surface area contributed by atoms with E-state index < -0.39 is 18.0 Å². The monoisotopic (exact) mass is 449 g/mol. The second-order valence-corrected chi connectivity index (χ2v) is 9.11. The lowest BCUT2D eigenvalue weighted by Gasteiger charge is -2.36. The van der Waals surface area contributed by atoms with E-state index in [0.29, 0.717) is 35.6 Å². The molecule has 172 valence electrons. The van der Waals surface area contributed by atoms with Crippen LogP contribution >= 0.6 is 0 Å². The van der Waals surface area contributed by atoms with E-state index in [1.165, 1.54) is 7.11 Å². The highest BCUT2D eigenvalue weighted by Crippen LogP contribution is 2.41. The van der Waals surface area contributed by atoms with Crippen molar-refractivity contribution in [1.82, 2.24) is 0 Å². The molecule has 0 radical (unpaired) electrons. The zero-order chi connectivity index (χ0) is 23.1. The Morgan fingerprint density at radius 2 is 1.79 bits per heavy atom. The third kappa shape index (κ3) is 3.96. The molecule has 5 rings (SSSR count). The van der Waals surface area contributed by atoms with Gasteiger partial charge in [-0.3, -0.25) is 14.4 Å². The number of ether oxygens (including phenoxy) is 2. The van der Waals surface area contributed by atoms with Crippen LogP contribution in [0, 0.1) is 17.8 Å². The molecule has 3 aromatic rings. The summed E-state index contributed by atoms with van der Waals surface area (Å²) in [6.07, 6.45) is 2.81. The second kappa shape index (κ2) is 8.54. The zero-order valence-electron chi connectivity index (χ0n) is 18.8. The Kier molecular flexibility index (Phi) is 5.56. The molecule has 1 aromatic heterocycles. The molecule has 3 atom stereocenters. The summed E-state index contributed by atoms with van der Waals surface area (Å²) in [5, 5.41) is 4.64. The number of Topliss-reactive ketones (excluding diaryl/α,β-unsaturated/α-hetero) is 1. The summed E-state index contributed by atoms with van der Waals surface area (Å²) in [5.41, 5.74) is 1.81. The van der Waals surface area contributed by atoms with Gasteiger partial charge in [0.15, 0.2) is 6.10 Å². The molecule has 7 nitrogen and oxygen atoms in total. The summed E-state index contributed by atoms with van der Waals surface area (Å²) in [5.74, 6) is -0.484. The van der Waals surface area contributed by atoms with Gasteiger partial charge < -0.3 is 19.2 Å². The van der Waals surface area contributed by atoms with Crippen molar-refractivity contribution >= 4 is 45.3 Å². The molecule has 1 N–H and O–H groups in total. The van der Waals surface area contributed by atoms with E-state index in [1.54, 1.807) is 13.0 Å². The van der Waals surface area contributed by atoms with E-state index in [1.807, 2.05) is 30.3 Å². The van der Waals surface area contributed by atoms with Gasteiger partial charge in [-0.2, -0.15) is 0 Å². The Labute approximate surface area is 191 Å². The lowest BCUT2D eigenvalue weighted by molar-refractivity contribution is -0.161. The Hall–Kier alpha value is -3.35. The fourth-order valence-electron chi connectivity index (χ4n) is 5.25. The van der Waals surface area contributed by atoms with Crippen molar-refractivity contribution in [2.75, 3.05) is 12.4 Å². The first-order valence-corrected chi connectivity index (χ1v) is 11.5. The smallest absolute Gasteiger partial charge is 0.309 e. The molecule has 1 heterocycles. The van der Waals surface area contributed by atoms with Gasteiger partial charge in [0.25, 0.3) is 5.91 Å². The quantitative estimate of drug-likeness (QED) is 0.559. The van der Waals surface area contributed by atoms with Crippen molar-refractivity contribution in [1.29, 1.82) is 0 Å². The van der Waals surface area contributed by atoms with Crippen molar-refractivity contribution in [2.45, 2.75) is 45.1 Å². The molecule has 2 bridgehead atoms. The molecule has 33 heavy (non-hydrogen) atoms. The van der Waals surface area contributed by atoms with Gasteiger partial charge in [-0.25, -0.2) is 0 Å². The van der Waals surface area contributed by atoms with Gasteiger partial charge in [0.05, 0.1) is 18.7 Å². The summed E-state index contributed by atoms with van der Waals surface area (Å²) in [7, 11) is 1.53. The lowest BCUT2D eigenvalue weighted by atomic mass is 9.67. The van der Waals surface area contributed by atoms with E-state index in [-0.39, 0.29) is 17.8 Å². The van der Waals surface area contributed by atoms with Crippen molar-refractivity contribution in [2.24, 2.45) is 17.8 Å². The van der Waals surface area contributed by atoms with Crippen LogP contribution in [0.3, 0.4) is 0 Å². The molecule has 0 aliphatic heterocycles. The second-order valence-electron chi connectivity index (χ2n) is 9.11. The van der Waals surface area contributed by atoms with Crippen LogP contribution in [0.15, 0.2) is 40.8 Å². The highest BCUT2D eigenvalue weighted by atomic mass is 16.5. The molecule has 7 heteroatoms. The Morgan fingerprint density at radius 1 is 1.06 bits per heavy atom. The van der Waals surface area contributed by atoms with Crippen molar-refractivity contribution in [3.05, 3.63) is 36.4 Å².